The molecule has 0 fully saturated rings. The number of aromatic nitrogens is 3. The average molecular weight is 361 g/mol. The van der Waals surface area contributed by atoms with E-state index in [2.05, 4.69) is 10.2 Å². The molecular weight excluding hydrogens is 342 g/mol. The molecule has 0 atom stereocenters. The molecule has 0 aliphatic heterocycles. The van der Waals surface area contributed by atoms with E-state index in [1.165, 1.54) is 11.8 Å². The Hall–Kier alpha value is -1.86. The van der Waals surface area contributed by atoms with Crippen molar-refractivity contribution < 1.29 is 9.21 Å². The number of hydrogen-bond donors (Lipinski definition) is 0. The van der Waals surface area contributed by atoms with Crippen molar-refractivity contribution in [3.8, 4) is 10.7 Å². The molecule has 5 nitrogen and oxygen atoms in total. The van der Waals surface area contributed by atoms with Gasteiger partial charge in [0, 0.05) is 5.41 Å². The molecule has 0 amide bonds. The maximum Gasteiger partial charge on any atom is 0.192 e. The Balaban J connectivity index is 1.87. The predicted octanol–water partition coefficient (Wildman–Crippen LogP) is 4.36. The molecule has 24 heavy (non-hydrogen) atoms. The highest BCUT2D eigenvalue weighted by molar-refractivity contribution is 7.99. The number of carbonyl (C=O) groups is 1. The lowest BCUT2D eigenvalue weighted by molar-refractivity contribution is -0.123. The van der Waals surface area contributed by atoms with Gasteiger partial charge in [-0.2, -0.15) is 0 Å². The molecule has 0 aromatic carbocycles. The molecule has 0 saturated heterocycles. The summed E-state index contributed by atoms with van der Waals surface area (Å²) >= 11 is 3.04. The summed E-state index contributed by atoms with van der Waals surface area (Å²) in [6.07, 6.45) is 1.65. The fraction of sp³-hybridized carbons (Fsp3) is 0.353. The minimum absolute atomic E-state index is 0.192. The third-order valence-corrected chi connectivity index (χ3v) is 5.35. The van der Waals surface area contributed by atoms with Gasteiger partial charge in [-0.15, -0.1) is 21.5 Å². The monoisotopic (exact) mass is 361 g/mol. The van der Waals surface area contributed by atoms with Gasteiger partial charge in [0.2, 0.25) is 0 Å². The third kappa shape index (κ3) is 3.79. The van der Waals surface area contributed by atoms with E-state index in [4.69, 9.17) is 4.42 Å². The summed E-state index contributed by atoms with van der Waals surface area (Å²) in [5.74, 6) is 2.20. The van der Waals surface area contributed by atoms with E-state index < -0.39 is 0 Å². The molecule has 0 radical (unpaired) electrons. The van der Waals surface area contributed by atoms with E-state index in [9.17, 15) is 4.79 Å². The Morgan fingerprint density at radius 3 is 2.75 bits per heavy atom. The summed E-state index contributed by atoms with van der Waals surface area (Å²) in [7, 11) is 0. The molecule has 3 rings (SSSR count). The number of carbonyl (C=O) groups excluding carboxylic acids is 1. The van der Waals surface area contributed by atoms with Crippen molar-refractivity contribution in [3.05, 3.63) is 41.7 Å². The molecule has 0 bridgehead atoms. The molecule has 3 aromatic rings. The maximum atomic E-state index is 12.2. The fourth-order valence-corrected chi connectivity index (χ4v) is 3.85. The van der Waals surface area contributed by atoms with Crippen LogP contribution in [-0.2, 0) is 11.3 Å². The van der Waals surface area contributed by atoms with E-state index in [0.29, 0.717) is 12.3 Å². The van der Waals surface area contributed by atoms with E-state index in [1.807, 2.05) is 55.0 Å². The van der Waals surface area contributed by atoms with Crippen molar-refractivity contribution in [1.82, 2.24) is 14.8 Å². The number of rotatable bonds is 6. The highest BCUT2D eigenvalue weighted by Crippen LogP contribution is 2.29. The van der Waals surface area contributed by atoms with Crippen molar-refractivity contribution in [2.24, 2.45) is 5.41 Å². The molecule has 0 unspecified atom stereocenters. The van der Waals surface area contributed by atoms with Crippen LogP contribution in [0.4, 0.5) is 0 Å². The average Bonchev–Trinajstić information content (AvgIpc) is 3.26. The standard InChI is InChI=1S/C17H19N3O2S2/c1-17(2,3)14(21)11-24-16-19-18-15(13-7-5-9-23-13)20(16)10-12-6-4-8-22-12/h4-9H,10-11H2,1-3H3. The number of ketones is 1. The molecular formula is C17H19N3O2S2. The minimum atomic E-state index is -0.352. The lowest BCUT2D eigenvalue weighted by Crippen LogP contribution is -2.22. The van der Waals surface area contributed by atoms with Gasteiger partial charge in [0.25, 0.3) is 0 Å². The lowest BCUT2D eigenvalue weighted by Gasteiger charge is -2.16. The van der Waals surface area contributed by atoms with Crippen LogP contribution in [0.5, 0.6) is 0 Å². The van der Waals surface area contributed by atoms with Gasteiger partial charge in [-0.05, 0) is 23.6 Å². The Kier molecular flexibility index (Phi) is 4.91. The number of thiophene rings is 1. The van der Waals surface area contributed by atoms with Gasteiger partial charge in [-0.25, -0.2) is 0 Å². The van der Waals surface area contributed by atoms with Gasteiger partial charge in [-0.3, -0.25) is 9.36 Å². The van der Waals surface area contributed by atoms with Crippen LogP contribution in [0.3, 0.4) is 0 Å². The summed E-state index contributed by atoms with van der Waals surface area (Å²) in [5.41, 5.74) is -0.352. The summed E-state index contributed by atoms with van der Waals surface area (Å²) in [4.78, 5) is 13.3. The number of hydrogen-bond acceptors (Lipinski definition) is 6. The van der Waals surface area contributed by atoms with Crippen LogP contribution in [0.25, 0.3) is 10.7 Å². The van der Waals surface area contributed by atoms with Gasteiger partial charge in [0.15, 0.2) is 11.0 Å². The maximum absolute atomic E-state index is 12.2. The highest BCUT2D eigenvalue weighted by Gasteiger charge is 2.23. The van der Waals surface area contributed by atoms with Gasteiger partial charge in [0.05, 0.1) is 23.4 Å². The van der Waals surface area contributed by atoms with Crippen LogP contribution < -0.4 is 0 Å². The smallest absolute Gasteiger partial charge is 0.192 e. The summed E-state index contributed by atoms with van der Waals surface area (Å²) in [6, 6.07) is 7.79. The van der Waals surface area contributed by atoms with Crippen LogP contribution in [0, 0.1) is 5.41 Å². The zero-order valence-corrected chi connectivity index (χ0v) is 15.5. The van der Waals surface area contributed by atoms with Crippen molar-refractivity contribution in [3.63, 3.8) is 0 Å². The van der Waals surface area contributed by atoms with E-state index >= 15 is 0 Å². The molecule has 0 saturated carbocycles. The Morgan fingerprint density at radius 1 is 1.29 bits per heavy atom. The molecule has 3 aromatic heterocycles. The van der Waals surface area contributed by atoms with Crippen molar-refractivity contribution >= 4 is 28.9 Å². The first-order valence-corrected chi connectivity index (χ1v) is 9.47. The topological polar surface area (TPSA) is 60.9 Å². The van der Waals surface area contributed by atoms with Crippen LogP contribution in [0.1, 0.15) is 26.5 Å². The van der Waals surface area contributed by atoms with Crippen molar-refractivity contribution in [2.45, 2.75) is 32.5 Å². The number of furan rings is 1. The second-order valence-electron chi connectivity index (χ2n) is 6.41. The number of thioether (sulfide) groups is 1. The zero-order valence-electron chi connectivity index (χ0n) is 13.9. The molecule has 0 N–H and O–H groups in total. The van der Waals surface area contributed by atoms with Crippen molar-refractivity contribution in [1.29, 1.82) is 0 Å². The van der Waals surface area contributed by atoms with Crippen molar-refractivity contribution in [2.75, 3.05) is 5.75 Å². The summed E-state index contributed by atoms with van der Waals surface area (Å²) in [5, 5.41) is 11.4. The molecule has 126 valence electrons. The Bertz CT molecular complexity index is 800. The largest absolute Gasteiger partial charge is 0.467 e. The third-order valence-electron chi connectivity index (χ3n) is 3.52. The molecule has 0 aliphatic carbocycles. The second kappa shape index (κ2) is 6.94. The molecule has 3 heterocycles. The van der Waals surface area contributed by atoms with Crippen LogP contribution in [0.15, 0.2) is 45.5 Å². The van der Waals surface area contributed by atoms with Gasteiger partial charge in [-0.1, -0.05) is 38.6 Å². The lowest BCUT2D eigenvalue weighted by atomic mass is 9.92. The fourth-order valence-electron chi connectivity index (χ4n) is 2.03. The van der Waals surface area contributed by atoms with Crippen LogP contribution >= 0.6 is 23.1 Å². The quantitative estimate of drug-likeness (QED) is 0.611. The number of Topliss-reactive ketones (excluding diaryl/α,β-unsaturated/α-hetero) is 1. The zero-order chi connectivity index (χ0) is 17.2. The van der Waals surface area contributed by atoms with E-state index in [0.717, 1.165) is 21.6 Å². The van der Waals surface area contributed by atoms with Gasteiger partial charge < -0.3 is 4.42 Å². The van der Waals surface area contributed by atoms with Crippen LogP contribution in [-0.4, -0.2) is 26.3 Å². The first-order valence-electron chi connectivity index (χ1n) is 7.61. The number of nitrogens with zero attached hydrogens (tertiary/aromatic N) is 3. The summed E-state index contributed by atoms with van der Waals surface area (Å²) in [6.45, 7) is 6.33. The van der Waals surface area contributed by atoms with Gasteiger partial charge >= 0.3 is 0 Å². The van der Waals surface area contributed by atoms with E-state index in [1.54, 1.807) is 17.6 Å². The minimum Gasteiger partial charge on any atom is -0.467 e. The first kappa shape index (κ1) is 17.0. The molecule has 0 aliphatic rings. The van der Waals surface area contributed by atoms with E-state index in [-0.39, 0.29) is 11.2 Å². The SMILES string of the molecule is CC(C)(C)C(=O)CSc1nnc(-c2cccs2)n1Cc1ccco1. The molecule has 0 spiro atoms. The van der Waals surface area contributed by atoms with Gasteiger partial charge in [0.1, 0.15) is 11.5 Å². The normalized spacial score (nSPS) is 11.8. The van der Waals surface area contributed by atoms with Crippen LogP contribution in [0.2, 0.25) is 0 Å². The Morgan fingerprint density at radius 2 is 2.12 bits per heavy atom. The molecule has 7 heteroatoms. The Labute approximate surface area is 149 Å². The summed E-state index contributed by atoms with van der Waals surface area (Å²) < 4.78 is 7.47. The second-order valence-corrected chi connectivity index (χ2v) is 8.30. The predicted molar refractivity (Wildman–Crippen MR) is 96.3 cm³/mol. The highest BCUT2D eigenvalue weighted by atomic mass is 32.2. The first-order chi connectivity index (χ1) is 11.4.